The second-order valence-corrected chi connectivity index (χ2v) is 10.8. The van der Waals surface area contributed by atoms with Crippen LogP contribution in [0.1, 0.15) is 74.2 Å². The zero-order valence-corrected chi connectivity index (χ0v) is 22.5. The van der Waals surface area contributed by atoms with Gasteiger partial charge in [0.15, 0.2) is 0 Å². The molecule has 2 N–H and O–H groups in total. The van der Waals surface area contributed by atoms with E-state index in [1.807, 2.05) is 30.3 Å². The van der Waals surface area contributed by atoms with Gasteiger partial charge in [0.2, 0.25) is 5.91 Å². The highest BCUT2D eigenvalue weighted by Crippen LogP contribution is 2.25. The van der Waals surface area contributed by atoms with E-state index >= 15 is 0 Å². The molecule has 0 spiro atoms. The van der Waals surface area contributed by atoms with Crippen LogP contribution in [-0.4, -0.2) is 20.2 Å². The number of para-hydroxylation sites is 1. The minimum atomic E-state index is -4.19. The molecule has 3 aromatic carbocycles. The third kappa shape index (κ3) is 8.06. The van der Waals surface area contributed by atoms with E-state index in [1.54, 1.807) is 24.3 Å². The molecule has 198 valence electrons. The van der Waals surface area contributed by atoms with Crippen LogP contribution in [-0.2, 0) is 14.8 Å². The van der Waals surface area contributed by atoms with E-state index < -0.39 is 21.8 Å². The maximum Gasteiger partial charge on any atom is 0.266 e. The second-order valence-electron chi connectivity index (χ2n) is 9.12. The van der Waals surface area contributed by atoms with Crippen molar-refractivity contribution in [3.63, 3.8) is 0 Å². The summed E-state index contributed by atoms with van der Waals surface area (Å²) in [7, 11) is -4.19. The fourth-order valence-electron chi connectivity index (χ4n) is 4.16. The highest BCUT2D eigenvalue weighted by Gasteiger charge is 2.23. The molecular weight excluding hydrogens is 496 g/mol. The van der Waals surface area contributed by atoms with Crippen molar-refractivity contribution in [2.24, 2.45) is 0 Å². The normalized spacial score (nSPS) is 10.9. The van der Waals surface area contributed by atoms with Crippen LogP contribution in [0.3, 0.4) is 0 Å². The van der Waals surface area contributed by atoms with Crippen molar-refractivity contribution in [2.75, 3.05) is 5.32 Å². The monoisotopic (exact) mass is 530 g/mol. The minimum Gasteiger partial charge on any atom is -0.321 e. The van der Waals surface area contributed by atoms with Crippen LogP contribution in [0.2, 0.25) is 0 Å². The number of unbranched alkanes of at least 4 members (excludes halogenated alkanes) is 6. The molecule has 3 aromatic rings. The Morgan fingerprint density at radius 1 is 0.816 bits per heavy atom. The van der Waals surface area contributed by atoms with E-state index in [4.69, 9.17) is 6.42 Å². The summed E-state index contributed by atoms with van der Waals surface area (Å²) in [5.41, 5.74) is 2.50. The Morgan fingerprint density at radius 2 is 1.47 bits per heavy atom. The summed E-state index contributed by atoms with van der Waals surface area (Å²) in [5.74, 6) is 1.43. The van der Waals surface area contributed by atoms with E-state index in [1.165, 1.54) is 37.5 Å². The van der Waals surface area contributed by atoms with Crippen LogP contribution in [0.5, 0.6) is 0 Å². The van der Waals surface area contributed by atoms with Gasteiger partial charge in [-0.1, -0.05) is 99.9 Å². The topological polar surface area (TPSA) is 92.3 Å². The predicted octanol–water partition coefficient (Wildman–Crippen LogP) is 6.53. The van der Waals surface area contributed by atoms with Gasteiger partial charge in [-0.2, -0.15) is 0 Å². The number of rotatable bonds is 13. The van der Waals surface area contributed by atoms with Gasteiger partial charge in [-0.05, 0) is 41.8 Å². The summed E-state index contributed by atoms with van der Waals surface area (Å²) in [6, 6.07) is 20.7. The van der Waals surface area contributed by atoms with Gasteiger partial charge in [0.05, 0.1) is 11.3 Å². The summed E-state index contributed by atoms with van der Waals surface area (Å²) in [6.07, 6.45) is 13.0. The average Bonchev–Trinajstić information content (AvgIpc) is 2.92. The fourth-order valence-corrected chi connectivity index (χ4v) is 5.34. The molecule has 3 rings (SSSR count). The number of amides is 2. The summed E-state index contributed by atoms with van der Waals surface area (Å²) in [6.45, 7) is 2.16. The summed E-state index contributed by atoms with van der Waals surface area (Å²) in [5, 5.41) is 2.65. The van der Waals surface area contributed by atoms with Crippen molar-refractivity contribution in [2.45, 2.75) is 63.2 Å². The molecule has 0 fully saturated rings. The van der Waals surface area contributed by atoms with Gasteiger partial charge in [0.1, 0.15) is 4.90 Å². The molecule has 0 atom stereocenters. The van der Waals surface area contributed by atoms with Gasteiger partial charge >= 0.3 is 0 Å². The van der Waals surface area contributed by atoms with Crippen molar-refractivity contribution >= 4 is 27.5 Å². The Hall–Kier alpha value is -3.89. The maximum absolute atomic E-state index is 13.1. The van der Waals surface area contributed by atoms with Crippen LogP contribution >= 0.6 is 0 Å². The standard InChI is InChI=1S/C31H34N2O4S/c1-3-5-6-7-8-9-13-20-30(34)33-38(36,37)29-19-15-14-18-28(29)32-31(35)27-22-21-26(23-24(27)4-2)25-16-11-10-12-17-25/h2,10-12,14-19,21-23H,3,5-9,13,20H2,1H3,(H,32,35)(H,33,34). The number of terminal acetylenes is 1. The van der Waals surface area contributed by atoms with Crippen molar-refractivity contribution in [3.8, 4) is 23.5 Å². The molecule has 0 aliphatic carbocycles. The number of anilines is 1. The number of hydrogen-bond acceptors (Lipinski definition) is 4. The summed E-state index contributed by atoms with van der Waals surface area (Å²) in [4.78, 5) is 25.3. The quantitative estimate of drug-likeness (QED) is 0.194. The van der Waals surface area contributed by atoms with Gasteiger partial charge < -0.3 is 5.32 Å². The number of nitrogens with one attached hydrogen (secondary N) is 2. The maximum atomic E-state index is 13.1. The first-order chi connectivity index (χ1) is 18.4. The Morgan fingerprint density at radius 3 is 2.18 bits per heavy atom. The van der Waals surface area contributed by atoms with E-state index in [0.29, 0.717) is 12.0 Å². The molecule has 0 radical (unpaired) electrons. The highest BCUT2D eigenvalue weighted by atomic mass is 32.2. The van der Waals surface area contributed by atoms with E-state index in [2.05, 4.69) is 22.9 Å². The largest absolute Gasteiger partial charge is 0.321 e. The predicted molar refractivity (Wildman–Crippen MR) is 152 cm³/mol. The van der Waals surface area contributed by atoms with Crippen molar-refractivity contribution < 1.29 is 18.0 Å². The number of sulfonamides is 1. The van der Waals surface area contributed by atoms with Crippen molar-refractivity contribution in [1.29, 1.82) is 0 Å². The first-order valence-electron chi connectivity index (χ1n) is 13.0. The average molecular weight is 531 g/mol. The molecule has 0 bridgehead atoms. The second kappa shape index (κ2) is 14.2. The molecule has 6 nitrogen and oxygen atoms in total. The van der Waals surface area contributed by atoms with Crippen LogP contribution in [0.25, 0.3) is 11.1 Å². The van der Waals surface area contributed by atoms with Crippen LogP contribution in [0.15, 0.2) is 77.7 Å². The lowest BCUT2D eigenvalue weighted by atomic mass is 9.99. The minimum absolute atomic E-state index is 0.0591. The lowest BCUT2D eigenvalue weighted by molar-refractivity contribution is -0.119. The number of hydrogen-bond donors (Lipinski definition) is 2. The zero-order chi connectivity index (χ0) is 27.4. The van der Waals surface area contributed by atoms with Crippen LogP contribution < -0.4 is 10.0 Å². The molecule has 0 aliphatic heterocycles. The summed E-state index contributed by atoms with van der Waals surface area (Å²) >= 11 is 0. The Bertz CT molecular complexity index is 1390. The number of carbonyl (C=O) groups excluding carboxylic acids is 2. The molecule has 7 heteroatoms. The third-order valence-corrected chi connectivity index (χ3v) is 7.64. The number of benzene rings is 3. The fraction of sp³-hybridized carbons (Fsp3) is 0.290. The molecule has 0 saturated carbocycles. The molecular formula is C31H34N2O4S. The lowest BCUT2D eigenvalue weighted by Gasteiger charge is -2.14. The highest BCUT2D eigenvalue weighted by molar-refractivity contribution is 7.90. The lowest BCUT2D eigenvalue weighted by Crippen LogP contribution is -2.31. The van der Waals surface area contributed by atoms with E-state index in [9.17, 15) is 18.0 Å². The molecule has 38 heavy (non-hydrogen) atoms. The van der Waals surface area contributed by atoms with E-state index in [-0.39, 0.29) is 22.6 Å². The van der Waals surface area contributed by atoms with Gasteiger partial charge in [-0.3, -0.25) is 9.59 Å². The molecule has 0 saturated heterocycles. The third-order valence-electron chi connectivity index (χ3n) is 6.21. The van der Waals surface area contributed by atoms with Gasteiger partial charge in [-0.15, -0.1) is 6.42 Å². The molecule has 0 heterocycles. The van der Waals surface area contributed by atoms with Gasteiger partial charge in [0.25, 0.3) is 15.9 Å². The first kappa shape index (κ1) is 28.7. The summed E-state index contributed by atoms with van der Waals surface area (Å²) < 4.78 is 28.1. The first-order valence-corrected chi connectivity index (χ1v) is 14.5. The molecule has 0 aromatic heterocycles. The van der Waals surface area contributed by atoms with Crippen LogP contribution in [0.4, 0.5) is 5.69 Å². The van der Waals surface area contributed by atoms with Crippen molar-refractivity contribution in [1.82, 2.24) is 4.72 Å². The van der Waals surface area contributed by atoms with Crippen molar-refractivity contribution in [3.05, 3.63) is 83.9 Å². The number of carbonyl (C=O) groups is 2. The van der Waals surface area contributed by atoms with E-state index in [0.717, 1.165) is 30.4 Å². The molecule has 0 aliphatic rings. The Labute approximate surface area is 225 Å². The Balaban J connectivity index is 1.68. The SMILES string of the molecule is C#Cc1cc(-c2ccccc2)ccc1C(=O)Nc1ccccc1S(=O)(=O)NC(=O)CCCCCCCCC. The zero-order valence-electron chi connectivity index (χ0n) is 21.7. The Kier molecular flexibility index (Phi) is 10.7. The molecule has 2 amide bonds. The van der Waals surface area contributed by atoms with Crippen LogP contribution in [0, 0.1) is 12.3 Å². The molecule has 0 unspecified atom stereocenters. The smallest absolute Gasteiger partial charge is 0.266 e. The van der Waals surface area contributed by atoms with Gasteiger partial charge in [-0.25, -0.2) is 13.1 Å². The van der Waals surface area contributed by atoms with Gasteiger partial charge in [0, 0.05) is 12.0 Å².